The Morgan fingerprint density at radius 3 is 2.43 bits per heavy atom. The van der Waals surface area contributed by atoms with Crippen molar-refractivity contribution in [2.24, 2.45) is 5.41 Å². The minimum absolute atomic E-state index is 0.0723. The van der Waals surface area contributed by atoms with Gasteiger partial charge in [0.2, 0.25) is 5.91 Å². The molecular weight excluding hydrogens is 181 g/mol. The molecule has 0 radical (unpaired) electrons. The van der Waals surface area contributed by atoms with Gasteiger partial charge < -0.3 is 5.32 Å². The maximum atomic E-state index is 12.9. The molecule has 3 heteroatoms. The average Bonchev–Trinajstić information content (AvgIpc) is 2.78. The fourth-order valence-electron chi connectivity index (χ4n) is 2.15. The van der Waals surface area contributed by atoms with Crippen molar-refractivity contribution in [2.75, 3.05) is 0 Å². The van der Waals surface area contributed by atoms with Crippen LogP contribution in [0.2, 0.25) is 0 Å². The largest absolute Gasteiger partial charge is 0.353 e. The second kappa shape index (κ2) is 3.52. The summed E-state index contributed by atoms with van der Waals surface area (Å²) in [6, 6.07) is 0.306. The number of amides is 1. The molecular formula is C11H18FNO. The molecule has 2 unspecified atom stereocenters. The minimum atomic E-state index is -0.911. The number of hydrogen-bond acceptors (Lipinski definition) is 1. The molecule has 2 aliphatic rings. The van der Waals surface area contributed by atoms with Crippen molar-refractivity contribution < 1.29 is 9.18 Å². The monoisotopic (exact) mass is 199 g/mol. The Balaban J connectivity index is 1.82. The summed E-state index contributed by atoms with van der Waals surface area (Å²) in [6.45, 7) is 1.72. The van der Waals surface area contributed by atoms with Crippen LogP contribution in [-0.4, -0.2) is 18.1 Å². The van der Waals surface area contributed by atoms with Crippen molar-refractivity contribution in [1.82, 2.24) is 5.32 Å². The predicted molar refractivity (Wildman–Crippen MR) is 52.6 cm³/mol. The van der Waals surface area contributed by atoms with E-state index >= 15 is 0 Å². The number of hydrogen-bond donors (Lipinski definition) is 1. The molecule has 0 heterocycles. The first-order chi connectivity index (χ1) is 6.63. The highest BCUT2D eigenvalue weighted by molar-refractivity contribution is 5.86. The molecule has 2 atom stereocenters. The summed E-state index contributed by atoms with van der Waals surface area (Å²) in [5, 5.41) is 2.97. The molecule has 2 aliphatic carbocycles. The van der Waals surface area contributed by atoms with Crippen molar-refractivity contribution in [1.29, 1.82) is 0 Å². The number of alkyl halides is 1. The molecule has 14 heavy (non-hydrogen) atoms. The van der Waals surface area contributed by atoms with Gasteiger partial charge >= 0.3 is 0 Å². The molecule has 0 bridgehead atoms. The number of carbonyl (C=O) groups excluding carboxylic acids is 1. The van der Waals surface area contributed by atoms with E-state index in [0.29, 0.717) is 12.5 Å². The molecule has 0 aromatic rings. The molecule has 2 fully saturated rings. The van der Waals surface area contributed by atoms with Crippen LogP contribution < -0.4 is 5.32 Å². The topological polar surface area (TPSA) is 29.1 Å². The van der Waals surface area contributed by atoms with Gasteiger partial charge in [-0.3, -0.25) is 4.79 Å². The normalized spacial score (nSPS) is 38.0. The first-order valence-corrected chi connectivity index (χ1v) is 5.58. The van der Waals surface area contributed by atoms with E-state index in [1.807, 2.05) is 0 Å². The lowest BCUT2D eigenvalue weighted by atomic mass is 9.95. The van der Waals surface area contributed by atoms with E-state index in [9.17, 15) is 9.18 Å². The second-order valence-corrected chi connectivity index (χ2v) is 4.90. The van der Waals surface area contributed by atoms with Crippen molar-refractivity contribution in [3.63, 3.8) is 0 Å². The van der Waals surface area contributed by atoms with Gasteiger partial charge in [-0.25, -0.2) is 4.39 Å². The molecule has 2 nitrogen and oxygen atoms in total. The molecule has 2 rings (SSSR count). The maximum absolute atomic E-state index is 12.9. The number of carbonyl (C=O) groups is 1. The summed E-state index contributed by atoms with van der Waals surface area (Å²) in [6.07, 6.45) is 5.30. The summed E-state index contributed by atoms with van der Waals surface area (Å²) in [4.78, 5) is 11.7. The predicted octanol–water partition coefficient (Wildman–Crippen LogP) is 2.18. The fraction of sp³-hybridized carbons (Fsp3) is 0.909. The Bertz CT molecular complexity index is 237. The van der Waals surface area contributed by atoms with E-state index in [2.05, 4.69) is 5.32 Å². The van der Waals surface area contributed by atoms with Gasteiger partial charge in [-0.15, -0.1) is 0 Å². The van der Waals surface area contributed by atoms with Crippen LogP contribution in [-0.2, 0) is 4.79 Å². The minimum Gasteiger partial charge on any atom is -0.353 e. The Kier molecular flexibility index (Phi) is 2.50. The lowest BCUT2D eigenvalue weighted by Crippen LogP contribution is -2.40. The van der Waals surface area contributed by atoms with Gasteiger partial charge in [0, 0.05) is 6.04 Å². The van der Waals surface area contributed by atoms with Crippen LogP contribution in [0.1, 0.15) is 45.4 Å². The second-order valence-electron chi connectivity index (χ2n) is 4.90. The Morgan fingerprint density at radius 1 is 1.36 bits per heavy atom. The van der Waals surface area contributed by atoms with Crippen molar-refractivity contribution in [3.05, 3.63) is 0 Å². The van der Waals surface area contributed by atoms with Crippen molar-refractivity contribution in [2.45, 2.75) is 57.7 Å². The Labute approximate surface area is 84.3 Å². The molecule has 2 saturated carbocycles. The van der Waals surface area contributed by atoms with E-state index in [0.717, 1.165) is 12.8 Å². The maximum Gasteiger partial charge on any atom is 0.229 e. The quantitative estimate of drug-likeness (QED) is 0.725. The van der Waals surface area contributed by atoms with Crippen molar-refractivity contribution in [3.8, 4) is 0 Å². The SMILES string of the molecule is CC1(C(=O)NC2CCCCC2)CC1F. The van der Waals surface area contributed by atoms with Crippen LogP contribution in [0.15, 0.2) is 0 Å². The standard InChI is InChI=1S/C11H18FNO/c1-11(7-9(11)12)10(14)13-8-5-3-2-4-6-8/h8-9H,2-7H2,1H3,(H,13,14). The zero-order chi connectivity index (χ0) is 10.2. The smallest absolute Gasteiger partial charge is 0.229 e. The first-order valence-electron chi connectivity index (χ1n) is 5.58. The third kappa shape index (κ3) is 1.77. The lowest BCUT2D eigenvalue weighted by Gasteiger charge is -2.24. The number of nitrogens with one attached hydrogen (secondary N) is 1. The number of rotatable bonds is 2. The van der Waals surface area contributed by atoms with Gasteiger partial charge in [0.05, 0.1) is 5.41 Å². The third-order valence-electron chi connectivity index (χ3n) is 3.59. The van der Waals surface area contributed by atoms with E-state index in [1.54, 1.807) is 6.92 Å². The molecule has 1 amide bonds. The third-order valence-corrected chi connectivity index (χ3v) is 3.59. The van der Waals surface area contributed by atoms with Crippen LogP contribution in [0.5, 0.6) is 0 Å². The van der Waals surface area contributed by atoms with Gasteiger partial charge in [-0.1, -0.05) is 19.3 Å². The molecule has 0 saturated heterocycles. The number of halogens is 1. The van der Waals surface area contributed by atoms with E-state index in [4.69, 9.17) is 0 Å². The van der Waals surface area contributed by atoms with Gasteiger partial charge in [-0.05, 0) is 26.2 Å². The summed E-state index contributed by atoms with van der Waals surface area (Å²) >= 11 is 0. The molecule has 1 N–H and O–H groups in total. The molecule has 0 aromatic carbocycles. The average molecular weight is 199 g/mol. The summed E-state index contributed by atoms with van der Waals surface area (Å²) < 4.78 is 12.9. The zero-order valence-electron chi connectivity index (χ0n) is 8.68. The van der Waals surface area contributed by atoms with Gasteiger partial charge in [-0.2, -0.15) is 0 Å². The van der Waals surface area contributed by atoms with Gasteiger partial charge in [0.25, 0.3) is 0 Å². The summed E-state index contributed by atoms with van der Waals surface area (Å²) in [5.74, 6) is -0.0723. The fourth-order valence-corrected chi connectivity index (χ4v) is 2.15. The van der Waals surface area contributed by atoms with E-state index < -0.39 is 11.6 Å². The highest BCUT2D eigenvalue weighted by Gasteiger charge is 2.57. The first kappa shape index (κ1) is 9.94. The van der Waals surface area contributed by atoms with Crippen LogP contribution in [0.3, 0.4) is 0 Å². The van der Waals surface area contributed by atoms with Gasteiger partial charge in [0.1, 0.15) is 6.17 Å². The van der Waals surface area contributed by atoms with Crippen LogP contribution in [0.25, 0.3) is 0 Å². The van der Waals surface area contributed by atoms with E-state index in [1.165, 1.54) is 19.3 Å². The molecule has 80 valence electrons. The molecule has 0 spiro atoms. The zero-order valence-corrected chi connectivity index (χ0v) is 8.68. The molecule has 0 aliphatic heterocycles. The van der Waals surface area contributed by atoms with Crippen molar-refractivity contribution >= 4 is 5.91 Å². The Morgan fingerprint density at radius 2 is 1.93 bits per heavy atom. The highest BCUT2D eigenvalue weighted by atomic mass is 19.1. The summed E-state index contributed by atoms with van der Waals surface area (Å²) in [7, 11) is 0. The van der Waals surface area contributed by atoms with Crippen LogP contribution >= 0.6 is 0 Å². The lowest BCUT2D eigenvalue weighted by molar-refractivity contribution is -0.127. The highest BCUT2D eigenvalue weighted by Crippen LogP contribution is 2.48. The Hall–Kier alpha value is -0.600. The van der Waals surface area contributed by atoms with E-state index in [-0.39, 0.29) is 5.91 Å². The summed E-state index contributed by atoms with van der Waals surface area (Å²) in [5.41, 5.74) is -0.697. The molecule has 0 aromatic heterocycles. The van der Waals surface area contributed by atoms with Gasteiger partial charge in [0.15, 0.2) is 0 Å². The van der Waals surface area contributed by atoms with Crippen LogP contribution in [0, 0.1) is 5.41 Å². The van der Waals surface area contributed by atoms with Crippen LogP contribution in [0.4, 0.5) is 4.39 Å².